The van der Waals surface area contributed by atoms with Gasteiger partial charge in [0.15, 0.2) is 11.3 Å². The van der Waals surface area contributed by atoms with Crippen LogP contribution in [0.2, 0.25) is 0 Å². The largest absolute Gasteiger partial charge is 0.497 e. The third-order valence-corrected chi connectivity index (χ3v) is 4.93. The first-order chi connectivity index (χ1) is 15.0. The first-order valence-electron chi connectivity index (χ1n) is 9.72. The van der Waals surface area contributed by atoms with Crippen molar-refractivity contribution in [1.29, 1.82) is 0 Å². The zero-order chi connectivity index (χ0) is 22.0. The highest BCUT2D eigenvalue weighted by Gasteiger charge is 2.18. The number of fused-ring (bicyclic) bond motifs is 3. The molecular weight excluding hydrogens is 396 g/mol. The lowest BCUT2D eigenvalue weighted by Crippen LogP contribution is -2.14. The molecule has 0 bridgehead atoms. The number of hydrogen-bond donors (Lipinski definition) is 2. The number of rotatable bonds is 6. The fourth-order valence-electron chi connectivity index (χ4n) is 3.57. The number of nitrogens with one attached hydrogen (secondary N) is 2. The van der Waals surface area contributed by atoms with Crippen LogP contribution in [0.4, 0.5) is 11.4 Å². The van der Waals surface area contributed by atoms with Gasteiger partial charge >= 0.3 is 0 Å². The van der Waals surface area contributed by atoms with Crippen molar-refractivity contribution in [3.8, 4) is 11.5 Å². The van der Waals surface area contributed by atoms with Gasteiger partial charge in [-0.15, -0.1) is 0 Å². The Morgan fingerprint density at radius 3 is 2.32 bits per heavy atom. The number of furan rings is 1. The standard InChI is InChI=1S/C24H22N2O5/c1-14(27)25-17-7-11-20-19(13-17)23-15(4-10-21(30-3)24(23)31-20)12-22(28)26-16-5-8-18(29-2)9-6-16/h4-11,13H,12H2,1-3H3,(H,25,27)(H,26,28). The second-order valence-electron chi connectivity index (χ2n) is 7.08. The van der Waals surface area contributed by atoms with Crippen molar-refractivity contribution < 1.29 is 23.5 Å². The Balaban J connectivity index is 1.71. The summed E-state index contributed by atoms with van der Waals surface area (Å²) in [6.45, 7) is 1.45. The highest BCUT2D eigenvalue weighted by molar-refractivity contribution is 6.11. The fraction of sp³-hybridized carbons (Fsp3) is 0.167. The Morgan fingerprint density at radius 1 is 0.903 bits per heavy atom. The van der Waals surface area contributed by atoms with Crippen LogP contribution in [-0.2, 0) is 16.0 Å². The van der Waals surface area contributed by atoms with Crippen molar-refractivity contribution >= 4 is 45.1 Å². The van der Waals surface area contributed by atoms with E-state index in [0.717, 1.165) is 22.1 Å². The number of carbonyl (C=O) groups is 2. The molecule has 0 aliphatic rings. The first-order valence-corrected chi connectivity index (χ1v) is 9.72. The summed E-state index contributed by atoms with van der Waals surface area (Å²) in [5.74, 6) is 0.967. The van der Waals surface area contributed by atoms with E-state index < -0.39 is 0 Å². The molecule has 3 aromatic carbocycles. The van der Waals surface area contributed by atoms with Gasteiger partial charge in [0.2, 0.25) is 11.8 Å². The molecule has 0 atom stereocenters. The van der Waals surface area contributed by atoms with Gasteiger partial charge in [-0.3, -0.25) is 9.59 Å². The van der Waals surface area contributed by atoms with E-state index in [1.54, 1.807) is 56.7 Å². The molecule has 31 heavy (non-hydrogen) atoms. The Morgan fingerprint density at radius 2 is 1.65 bits per heavy atom. The number of methoxy groups -OCH3 is 2. The van der Waals surface area contributed by atoms with E-state index >= 15 is 0 Å². The first kappa shape index (κ1) is 20.3. The Kier molecular flexibility index (Phi) is 5.49. The highest BCUT2D eigenvalue weighted by Crippen LogP contribution is 2.38. The third kappa shape index (κ3) is 4.16. The van der Waals surface area contributed by atoms with E-state index in [-0.39, 0.29) is 18.2 Å². The average Bonchev–Trinajstić information content (AvgIpc) is 3.13. The number of benzene rings is 3. The summed E-state index contributed by atoms with van der Waals surface area (Å²) < 4.78 is 16.6. The second kappa shape index (κ2) is 8.39. The summed E-state index contributed by atoms with van der Waals surface area (Å²) in [4.78, 5) is 24.2. The van der Waals surface area contributed by atoms with Gasteiger partial charge in [-0.25, -0.2) is 0 Å². The van der Waals surface area contributed by atoms with Crippen molar-refractivity contribution in [2.24, 2.45) is 0 Å². The van der Waals surface area contributed by atoms with E-state index in [9.17, 15) is 9.59 Å². The molecule has 1 heterocycles. The molecule has 7 heteroatoms. The Bertz CT molecular complexity index is 1270. The van der Waals surface area contributed by atoms with Crippen LogP contribution >= 0.6 is 0 Å². The zero-order valence-electron chi connectivity index (χ0n) is 17.4. The summed E-state index contributed by atoms with van der Waals surface area (Å²) >= 11 is 0. The molecule has 4 rings (SSSR count). The molecule has 2 N–H and O–H groups in total. The maximum Gasteiger partial charge on any atom is 0.228 e. The number of amides is 2. The predicted octanol–water partition coefficient (Wildman–Crippen LogP) is 4.74. The smallest absolute Gasteiger partial charge is 0.228 e. The van der Waals surface area contributed by atoms with E-state index in [2.05, 4.69) is 10.6 Å². The van der Waals surface area contributed by atoms with Crippen LogP contribution in [0.25, 0.3) is 21.9 Å². The predicted molar refractivity (Wildman–Crippen MR) is 120 cm³/mol. The minimum Gasteiger partial charge on any atom is -0.497 e. The van der Waals surface area contributed by atoms with Crippen LogP contribution in [-0.4, -0.2) is 26.0 Å². The molecule has 0 saturated heterocycles. The summed E-state index contributed by atoms with van der Waals surface area (Å²) in [5.41, 5.74) is 3.33. The quantitative estimate of drug-likeness (QED) is 0.472. The normalized spacial score (nSPS) is 10.8. The van der Waals surface area contributed by atoms with Crippen LogP contribution in [0.3, 0.4) is 0 Å². The Labute approximate surface area is 178 Å². The van der Waals surface area contributed by atoms with E-state index in [1.165, 1.54) is 6.92 Å². The third-order valence-electron chi connectivity index (χ3n) is 4.93. The van der Waals surface area contributed by atoms with Gasteiger partial charge in [-0.2, -0.15) is 0 Å². The minimum atomic E-state index is -0.163. The topological polar surface area (TPSA) is 89.8 Å². The molecule has 0 spiro atoms. The van der Waals surface area contributed by atoms with Crippen molar-refractivity contribution in [1.82, 2.24) is 0 Å². The molecule has 0 radical (unpaired) electrons. The molecule has 7 nitrogen and oxygen atoms in total. The van der Waals surface area contributed by atoms with Gasteiger partial charge in [0.25, 0.3) is 0 Å². The lowest BCUT2D eigenvalue weighted by atomic mass is 10.0. The van der Waals surface area contributed by atoms with E-state index in [1.807, 2.05) is 12.1 Å². The van der Waals surface area contributed by atoms with Crippen molar-refractivity contribution in [3.63, 3.8) is 0 Å². The minimum absolute atomic E-state index is 0.144. The molecule has 0 unspecified atom stereocenters. The monoisotopic (exact) mass is 418 g/mol. The number of anilines is 2. The summed E-state index contributed by atoms with van der Waals surface area (Å²) in [5, 5.41) is 7.26. The van der Waals surface area contributed by atoms with Gasteiger partial charge < -0.3 is 24.5 Å². The van der Waals surface area contributed by atoms with Crippen molar-refractivity contribution in [2.75, 3.05) is 24.9 Å². The molecule has 0 aliphatic heterocycles. The van der Waals surface area contributed by atoms with Crippen molar-refractivity contribution in [2.45, 2.75) is 13.3 Å². The van der Waals surface area contributed by atoms with Crippen LogP contribution in [0.5, 0.6) is 11.5 Å². The van der Waals surface area contributed by atoms with Gasteiger partial charge in [-0.1, -0.05) is 6.07 Å². The average molecular weight is 418 g/mol. The lowest BCUT2D eigenvalue weighted by molar-refractivity contribution is -0.116. The van der Waals surface area contributed by atoms with Crippen LogP contribution < -0.4 is 20.1 Å². The Hall–Kier alpha value is -4.00. The molecule has 0 aliphatic carbocycles. The molecule has 0 saturated carbocycles. The van der Waals surface area contributed by atoms with E-state index in [4.69, 9.17) is 13.9 Å². The maximum atomic E-state index is 12.7. The van der Waals surface area contributed by atoms with Crippen LogP contribution in [0.15, 0.2) is 59.0 Å². The maximum absolute atomic E-state index is 12.7. The number of ether oxygens (including phenoxy) is 2. The summed E-state index contributed by atoms with van der Waals surface area (Å²) in [7, 11) is 3.16. The second-order valence-corrected chi connectivity index (χ2v) is 7.08. The van der Waals surface area contributed by atoms with E-state index in [0.29, 0.717) is 28.3 Å². The molecule has 158 valence electrons. The van der Waals surface area contributed by atoms with Crippen LogP contribution in [0.1, 0.15) is 12.5 Å². The van der Waals surface area contributed by atoms with Gasteiger partial charge in [0, 0.05) is 29.1 Å². The summed E-state index contributed by atoms with van der Waals surface area (Å²) in [6, 6.07) is 16.2. The molecular formula is C24H22N2O5. The van der Waals surface area contributed by atoms with Gasteiger partial charge in [-0.05, 0) is 54.1 Å². The molecule has 1 aromatic heterocycles. The zero-order valence-corrected chi connectivity index (χ0v) is 17.4. The lowest BCUT2D eigenvalue weighted by Gasteiger charge is -2.09. The summed E-state index contributed by atoms with van der Waals surface area (Å²) in [6.07, 6.45) is 0.144. The highest BCUT2D eigenvalue weighted by atomic mass is 16.5. The number of hydrogen-bond acceptors (Lipinski definition) is 5. The van der Waals surface area contributed by atoms with Gasteiger partial charge in [0.05, 0.1) is 20.6 Å². The van der Waals surface area contributed by atoms with Gasteiger partial charge in [0.1, 0.15) is 11.3 Å². The number of carbonyl (C=O) groups excluding carboxylic acids is 2. The molecule has 4 aromatic rings. The fourth-order valence-corrected chi connectivity index (χ4v) is 3.57. The molecule has 0 fully saturated rings. The van der Waals surface area contributed by atoms with Crippen LogP contribution in [0, 0.1) is 0 Å². The van der Waals surface area contributed by atoms with Crippen molar-refractivity contribution in [3.05, 3.63) is 60.2 Å². The SMILES string of the molecule is COc1ccc(NC(=O)Cc2ccc(OC)c3oc4ccc(NC(C)=O)cc4c23)cc1. The molecule has 2 amide bonds.